The molecule has 1 aliphatic rings. The van der Waals surface area contributed by atoms with E-state index in [9.17, 15) is 5.11 Å². The predicted octanol–water partition coefficient (Wildman–Crippen LogP) is 4.23. The lowest BCUT2D eigenvalue weighted by Crippen LogP contribution is -2.42. The summed E-state index contributed by atoms with van der Waals surface area (Å²) in [7, 11) is 0. The summed E-state index contributed by atoms with van der Waals surface area (Å²) in [6.45, 7) is 2.69. The second-order valence-corrected chi connectivity index (χ2v) is 7.09. The van der Waals surface area contributed by atoms with E-state index in [2.05, 4.69) is 34.1 Å². The quantitative estimate of drug-likeness (QED) is 0.769. The van der Waals surface area contributed by atoms with Crippen LogP contribution in [-0.4, -0.2) is 28.1 Å². The number of benzene rings is 2. The molecule has 0 saturated carbocycles. The maximum Gasteiger partial charge on any atom is 0.0920 e. The Labute approximate surface area is 155 Å². The van der Waals surface area contributed by atoms with Crippen molar-refractivity contribution in [1.82, 2.24) is 9.88 Å². The van der Waals surface area contributed by atoms with E-state index in [1.165, 1.54) is 5.56 Å². The highest BCUT2D eigenvalue weighted by atomic mass is 16.3. The molecule has 132 valence electrons. The van der Waals surface area contributed by atoms with Crippen LogP contribution in [0.1, 0.15) is 24.0 Å². The van der Waals surface area contributed by atoms with E-state index < -0.39 is 5.60 Å². The molecular weight excluding hydrogens is 320 g/mol. The van der Waals surface area contributed by atoms with E-state index in [4.69, 9.17) is 0 Å². The number of hydrogen-bond acceptors (Lipinski definition) is 3. The summed E-state index contributed by atoms with van der Waals surface area (Å²) in [6.07, 6.45) is 3.43. The van der Waals surface area contributed by atoms with Gasteiger partial charge in [0.25, 0.3) is 0 Å². The van der Waals surface area contributed by atoms with Crippen LogP contribution in [0, 0.1) is 0 Å². The molecule has 1 fully saturated rings. The highest BCUT2D eigenvalue weighted by Gasteiger charge is 2.33. The molecule has 0 aliphatic carbocycles. The van der Waals surface area contributed by atoms with Crippen molar-refractivity contribution in [2.45, 2.75) is 25.0 Å². The van der Waals surface area contributed by atoms with Crippen LogP contribution < -0.4 is 0 Å². The monoisotopic (exact) mass is 344 g/mol. The highest BCUT2D eigenvalue weighted by molar-refractivity contribution is 5.59. The fourth-order valence-corrected chi connectivity index (χ4v) is 3.72. The summed E-state index contributed by atoms with van der Waals surface area (Å²) in [5.74, 6) is 0. The topological polar surface area (TPSA) is 36.4 Å². The molecule has 3 heteroatoms. The summed E-state index contributed by atoms with van der Waals surface area (Å²) in [5.41, 5.74) is 3.77. The summed E-state index contributed by atoms with van der Waals surface area (Å²) >= 11 is 0. The van der Waals surface area contributed by atoms with Gasteiger partial charge in [0, 0.05) is 31.4 Å². The SMILES string of the molecule is OC1(c2ccccc2)CCN(Cc2ccnc(-c3ccccc3)c2)CC1. The zero-order valence-corrected chi connectivity index (χ0v) is 14.9. The Morgan fingerprint density at radius 3 is 2.23 bits per heavy atom. The standard InChI is InChI=1S/C23H24N2O/c26-23(21-9-5-2-6-10-21)12-15-25(16-13-23)18-19-11-14-24-22(17-19)20-7-3-1-4-8-20/h1-11,14,17,26H,12-13,15-16,18H2. The van der Waals surface area contributed by atoms with Gasteiger partial charge in [0.2, 0.25) is 0 Å². The Hall–Kier alpha value is -2.49. The predicted molar refractivity (Wildman–Crippen MR) is 105 cm³/mol. The van der Waals surface area contributed by atoms with E-state index in [-0.39, 0.29) is 0 Å². The van der Waals surface area contributed by atoms with Crippen LogP contribution in [0.25, 0.3) is 11.3 Å². The molecule has 0 atom stereocenters. The van der Waals surface area contributed by atoms with Crippen molar-refractivity contribution in [2.24, 2.45) is 0 Å². The first kappa shape index (κ1) is 17.0. The third kappa shape index (κ3) is 3.69. The van der Waals surface area contributed by atoms with Crippen molar-refractivity contribution in [3.8, 4) is 11.3 Å². The van der Waals surface area contributed by atoms with Crippen LogP contribution in [0.4, 0.5) is 0 Å². The molecule has 4 rings (SSSR count). The van der Waals surface area contributed by atoms with E-state index in [0.717, 1.165) is 49.3 Å². The van der Waals surface area contributed by atoms with Crippen LogP contribution in [0.5, 0.6) is 0 Å². The van der Waals surface area contributed by atoms with Crippen LogP contribution in [0.3, 0.4) is 0 Å². The molecule has 1 saturated heterocycles. The van der Waals surface area contributed by atoms with Gasteiger partial charge in [0.1, 0.15) is 0 Å². The molecule has 2 aromatic carbocycles. The minimum Gasteiger partial charge on any atom is -0.385 e. The Balaban J connectivity index is 1.42. The number of likely N-dealkylation sites (tertiary alicyclic amines) is 1. The summed E-state index contributed by atoms with van der Waals surface area (Å²) in [6, 6.07) is 24.6. The molecule has 3 nitrogen and oxygen atoms in total. The first-order chi connectivity index (χ1) is 12.7. The van der Waals surface area contributed by atoms with Gasteiger partial charge in [-0.2, -0.15) is 0 Å². The Kier molecular flexibility index (Phi) is 4.83. The fraction of sp³-hybridized carbons (Fsp3) is 0.261. The lowest BCUT2D eigenvalue weighted by atomic mass is 9.84. The summed E-state index contributed by atoms with van der Waals surface area (Å²) in [4.78, 5) is 6.93. The molecule has 0 bridgehead atoms. The van der Waals surface area contributed by atoms with E-state index >= 15 is 0 Å². The average Bonchev–Trinajstić information content (AvgIpc) is 2.71. The van der Waals surface area contributed by atoms with Gasteiger partial charge in [0.05, 0.1) is 11.3 Å². The molecule has 0 unspecified atom stereocenters. The Morgan fingerprint density at radius 1 is 0.885 bits per heavy atom. The number of aromatic nitrogens is 1. The van der Waals surface area contributed by atoms with Crippen molar-refractivity contribution in [3.05, 3.63) is 90.1 Å². The number of piperidine rings is 1. The van der Waals surface area contributed by atoms with Crippen molar-refractivity contribution in [3.63, 3.8) is 0 Å². The average molecular weight is 344 g/mol. The molecular formula is C23H24N2O. The van der Waals surface area contributed by atoms with Crippen LogP contribution in [0.2, 0.25) is 0 Å². The highest BCUT2D eigenvalue weighted by Crippen LogP contribution is 2.33. The molecule has 1 aliphatic heterocycles. The lowest BCUT2D eigenvalue weighted by Gasteiger charge is -2.38. The second-order valence-electron chi connectivity index (χ2n) is 7.09. The zero-order chi connectivity index (χ0) is 17.8. The summed E-state index contributed by atoms with van der Waals surface area (Å²) < 4.78 is 0. The lowest BCUT2D eigenvalue weighted by molar-refractivity contribution is -0.0277. The fourth-order valence-electron chi connectivity index (χ4n) is 3.72. The van der Waals surface area contributed by atoms with Gasteiger partial charge < -0.3 is 5.11 Å². The first-order valence-electron chi connectivity index (χ1n) is 9.24. The van der Waals surface area contributed by atoms with Gasteiger partial charge in [-0.25, -0.2) is 0 Å². The maximum absolute atomic E-state index is 11.0. The molecule has 1 aromatic heterocycles. The minimum atomic E-state index is -0.689. The van der Waals surface area contributed by atoms with Gasteiger partial charge in [-0.3, -0.25) is 9.88 Å². The number of aliphatic hydroxyl groups is 1. The van der Waals surface area contributed by atoms with Crippen molar-refractivity contribution in [2.75, 3.05) is 13.1 Å². The van der Waals surface area contributed by atoms with Crippen molar-refractivity contribution >= 4 is 0 Å². The van der Waals surface area contributed by atoms with Crippen LogP contribution >= 0.6 is 0 Å². The van der Waals surface area contributed by atoms with Crippen LogP contribution in [0.15, 0.2) is 79.0 Å². The third-order valence-corrected chi connectivity index (χ3v) is 5.29. The van der Waals surface area contributed by atoms with Gasteiger partial charge >= 0.3 is 0 Å². The van der Waals surface area contributed by atoms with Gasteiger partial charge in [-0.15, -0.1) is 0 Å². The Morgan fingerprint density at radius 2 is 1.54 bits per heavy atom. The molecule has 0 radical (unpaired) electrons. The minimum absolute atomic E-state index is 0.689. The molecule has 26 heavy (non-hydrogen) atoms. The number of hydrogen-bond donors (Lipinski definition) is 1. The van der Waals surface area contributed by atoms with Gasteiger partial charge in [0.15, 0.2) is 0 Å². The number of pyridine rings is 1. The zero-order valence-electron chi connectivity index (χ0n) is 14.9. The largest absolute Gasteiger partial charge is 0.385 e. The number of nitrogens with zero attached hydrogens (tertiary/aromatic N) is 2. The maximum atomic E-state index is 11.0. The van der Waals surface area contributed by atoms with Crippen LogP contribution in [-0.2, 0) is 12.1 Å². The normalized spacial score (nSPS) is 17.1. The van der Waals surface area contributed by atoms with E-state index in [1.807, 2.05) is 54.7 Å². The van der Waals surface area contributed by atoms with Gasteiger partial charge in [-0.05, 0) is 36.1 Å². The Bertz CT molecular complexity index is 840. The third-order valence-electron chi connectivity index (χ3n) is 5.29. The van der Waals surface area contributed by atoms with Gasteiger partial charge in [-0.1, -0.05) is 60.7 Å². The molecule has 0 amide bonds. The molecule has 3 aromatic rings. The van der Waals surface area contributed by atoms with E-state index in [1.54, 1.807) is 0 Å². The smallest absolute Gasteiger partial charge is 0.0920 e. The molecule has 1 N–H and O–H groups in total. The van der Waals surface area contributed by atoms with Crippen molar-refractivity contribution in [1.29, 1.82) is 0 Å². The molecule has 2 heterocycles. The first-order valence-corrected chi connectivity index (χ1v) is 9.24. The number of rotatable bonds is 4. The summed E-state index contributed by atoms with van der Waals surface area (Å²) in [5, 5.41) is 11.0. The molecule has 0 spiro atoms. The van der Waals surface area contributed by atoms with E-state index in [0.29, 0.717) is 0 Å². The van der Waals surface area contributed by atoms with Crippen molar-refractivity contribution < 1.29 is 5.11 Å². The second kappa shape index (κ2) is 7.40.